The van der Waals surface area contributed by atoms with Crippen LogP contribution in [-0.2, 0) is 9.59 Å². The molecule has 1 aromatic carbocycles. The van der Waals surface area contributed by atoms with E-state index in [0.29, 0.717) is 5.56 Å². The molecule has 2 rings (SSSR count). The van der Waals surface area contributed by atoms with Crippen LogP contribution in [0, 0.1) is 0 Å². The molecule has 0 saturated heterocycles. The van der Waals surface area contributed by atoms with Crippen molar-refractivity contribution in [2.45, 2.75) is 11.8 Å². The molecular weight excluding hydrogens is 254 g/mol. The van der Waals surface area contributed by atoms with Crippen LogP contribution in [0.4, 0.5) is 0 Å². The van der Waals surface area contributed by atoms with Gasteiger partial charge in [-0.15, -0.1) is 0 Å². The molecule has 0 fully saturated rings. The van der Waals surface area contributed by atoms with Crippen LogP contribution >= 0.6 is 11.9 Å². The second-order valence-corrected chi connectivity index (χ2v) is 4.83. The Hall–Kier alpha value is -1.95. The number of hydrogen-bond donors (Lipinski definition) is 2. The summed E-state index contributed by atoms with van der Waals surface area (Å²) < 4.78 is 1.29. The Morgan fingerprint density at radius 3 is 2.61 bits per heavy atom. The Morgan fingerprint density at radius 1 is 1.33 bits per heavy atom. The predicted octanol–water partition coefficient (Wildman–Crippen LogP) is 1.91. The highest BCUT2D eigenvalue weighted by Gasteiger charge is 2.29. The number of benzene rings is 1. The summed E-state index contributed by atoms with van der Waals surface area (Å²) >= 11 is 1.14. The van der Waals surface area contributed by atoms with Crippen LogP contribution < -0.4 is 0 Å². The maximum atomic E-state index is 11.5. The number of carbonyl (C=O) groups excluding carboxylic acids is 1. The fraction of sp³-hybridized carbons (Fsp3) is 0.167. The van der Waals surface area contributed by atoms with Crippen LogP contribution in [-0.4, -0.2) is 32.8 Å². The van der Waals surface area contributed by atoms with E-state index in [1.54, 1.807) is 24.3 Å². The van der Waals surface area contributed by atoms with Crippen LogP contribution in [0.3, 0.4) is 0 Å². The van der Waals surface area contributed by atoms with Crippen molar-refractivity contribution in [3.05, 3.63) is 35.5 Å². The van der Waals surface area contributed by atoms with Gasteiger partial charge in [0, 0.05) is 17.4 Å². The summed E-state index contributed by atoms with van der Waals surface area (Å²) in [5.74, 6) is -1.60. The minimum absolute atomic E-state index is 0.0288. The van der Waals surface area contributed by atoms with E-state index in [1.807, 2.05) is 0 Å². The zero-order valence-corrected chi connectivity index (χ0v) is 10.4. The van der Waals surface area contributed by atoms with Crippen molar-refractivity contribution >= 4 is 29.5 Å². The van der Waals surface area contributed by atoms with Gasteiger partial charge in [-0.25, -0.2) is 0 Å². The van der Waals surface area contributed by atoms with Gasteiger partial charge in [-0.2, -0.15) is 0 Å². The first kappa shape index (κ1) is 12.5. The smallest absolute Gasteiger partial charge is 0.324 e. The Balaban J connectivity index is 2.52. The van der Waals surface area contributed by atoms with Gasteiger partial charge in [0.05, 0.1) is 0 Å². The van der Waals surface area contributed by atoms with Crippen molar-refractivity contribution in [2.24, 2.45) is 0 Å². The van der Waals surface area contributed by atoms with Crippen LogP contribution in [0.15, 0.2) is 34.9 Å². The molecule has 0 saturated carbocycles. The fourth-order valence-corrected chi connectivity index (χ4v) is 2.85. The van der Waals surface area contributed by atoms with Crippen molar-refractivity contribution in [1.29, 1.82) is 0 Å². The molecule has 0 unspecified atom stereocenters. The molecule has 0 amide bonds. The molecule has 1 aliphatic heterocycles. The summed E-state index contributed by atoms with van der Waals surface area (Å²) in [5.41, 5.74) is 0.579. The molecule has 5 nitrogen and oxygen atoms in total. The Morgan fingerprint density at radius 2 is 2.00 bits per heavy atom. The number of nitrogens with zero attached hydrogens (tertiary/aromatic N) is 1. The molecule has 0 radical (unpaired) electrons. The highest BCUT2D eigenvalue weighted by Crippen LogP contribution is 2.39. The van der Waals surface area contributed by atoms with Gasteiger partial charge in [0.25, 0.3) is 0 Å². The molecule has 0 aromatic heterocycles. The molecule has 0 aliphatic carbocycles. The van der Waals surface area contributed by atoms with Crippen LogP contribution in [0.2, 0.25) is 0 Å². The Bertz CT molecular complexity index is 553. The summed E-state index contributed by atoms with van der Waals surface area (Å²) in [7, 11) is 0. The molecular formula is C12H11NO4S. The minimum Gasteiger partial charge on any atom is -0.505 e. The number of aliphatic hydroxyl groups is 1. The lowest BCUT2D eigenvalue weighted by Gasteiger charge is -2.28. The molecule has 1 heterocycles. The van der Waals surface area contributed by atoms with E-state index in [4.69, 9.17) is 5.11 Å². The molecule has 0 bridgehead atoms. The van der Waals surface area contributed by atoms with Crippen molar-refractivity contribution in [3.63, 3.8) is 0 Å². The number of carboxylic acid groups (broad SMARTS) is 1. The van der Waals surface area contributed by atoms with Gasteiger partial charge in [-0.05, 0) is 24.1 Å². The number of carbonyl (C=O) groups is 2. The lowest BCUT2D eigenvalue weighted by atomic mass is 10.1. The third-order valence-corrected chi connectivity index (χ3v) is 3.52. The normalized spacial score (nSPS) is 14.4. The summed E-state index contributed by atoms with van der Waals surface area (Å²) in [6.45, 7) is 0.951. The van der Waals surface area contributed by atoms with Gasteiger partial charge >= 0.3 is 5.97 Å². The van der Waals surface area contributed by atoms with Crippen molar-refractivity contribution in [3.8, 4) is 0 Å². The quantitative estimate of drug-likeness (QED) is 0.813. The van der Waals surface area contributed by atoms with E-state index in [-0.39, 0.29) is 23.8 Å². The van der Waals surface area contributed by atoms with Crippen LogP contribution in [0.1, 0.15) is 12.5 Å². The zero-order valence-electron chi connectivity index (χ0n) is 9.58. The highest BCUT2D eigenvalue weighted by molar-refractivity contribution is 7.97. The predicted molar refractivity (Wildman–Crippen MR) is 66.9 cm³/mol. The summed E-state index contributed by atoms with van der Waals surface area (Å²) in [5, 5.41) is 18.9. The number of fused-ring (bicyclic) bond motifs is 1. The second kappa shape index (κ2) is 4.73. The van der Waals surface area contributed by atoms with Gasteiger partial charge < -0.3 is 10.2 Å². The van der Waals surface area contributed by atoms with Crippen LogP contribution in [0.25, 0.3) is 5.76 Å². The third kappa shape index (κ3) is 2.19. The first-order valence-electron chi connectivity index (χ1n) is 5.21. The van der Waals surface area contributed by atoms with Crippen LogP contribution in [0.5, 0.6) is 0 Å². The lowest BCUT2D eigenvalue weighted by Crippen LogP contribution is -2.29. The molecule has 0 spiro atoms. The molecule has 1 aliphatic rings. The first-order chi connectivity index (χ1) is 8.50. The molecule has 6 heteroatoms. The summed E-state index contributed by atoms with van der Waals surface area (Å²) in [6.07, 6.45) is 0. The molecule has 94 valence electrons. The SMILES string of the molecule is CC(=O)C1=C(O)c2ccccc2SN1CC(=O)O. The number of allylic oxidation sites excluding steroid dienone is 1. The summed E-state index contributed by atoms with van der Waals surface area (Å²) in [4.78, 5) is 23.1. The number of rotatable bonds is 3. The van der Waals surface area contributed by atoms with E-state index in [1.165, 1.54) is 11.2 Å². The van der Waals surface area contributed by atoms with E-state index in [2.05, 4.69) is 0 Å². The van der Waals surface area contributed by atoms with Crippen molar-refractivity contribution in [2.75, 3.05) is 6.54 Å². The van der Waals surface area contributed by atoms with E-state index < -0.39 is 5.97 Å². The average Bonchev–Trinajstić information content (AvgIpc) is 2.27. The fourth-order valence-electron chi connectivity index (χ4n) is 1.73. The monoisotopic (exact) mass is 265 g/mol. The van der Waals surface area contributed by atoms with E-state index >= 15 is 0 Å². The van der Waals surface area contributed by atoms with Gasteiger partial charge in [0.1, 0.15) is 12.2 Å². The van der Waals surface area contributed by atoms with Gasteiger partial charge in [0.2, 0.25) is 0 Å². The molecule has 18 heavy (non-hydrogen) atoms. The number of aliphatic carboxylic acids is 1. The Labute approximate surface area is 108 Å². The number of ketones is 1. The number of aliphatic hydroxyl groups excluding tert-OH is 1. The maximum Gasteiger partial charge on any atom is 0.324 e. The number of Topliss-reactive ketones (excluding diaryl/α,β-unsaturated/α-hetero) is 1. The number of carboxylic acids is 1. The largest absolute Gasteiger partial charge is 0.505 e. The first-order valence-corrected chi connectivity index (χ1v) is 5.99. The molecule has 0 atom stereocenters. The van der Waals surface area contributed by atoms with Crippen molar-refractivity contribution < 1.29 is 19.8 Å². The van der Waals surface area contributed by atoms with Gasteiger partial charge in [-0.3, -0.25) is 13.9 Å². The van der Waals surface area contributed by atoms with E-state index in [9.17, 15) is 14.7 Å². The standard InChI is InChI=1S/C12H11NO4S/c1-7(14)11-12(17)8-4-2-3-5-9(8)18-13(11)6-10(15)16/h2-5,17H,6H2,1H3,(H,15,16). The summed E-state index contributed by atoms with van der Waals surface area (Å²) in [6, 6.07) is 7.00. The molecule has 1 aromatic rings. The second-order valence-electron chi connectivity index (χ2n) is 3.77. The maximum absolute atomic E-state index is 11.5. The number of hydrogen-bond acceptors (Lipinski definition) is 5. The highest BCUT2D eigenvalue weighted by atomic mass is 32.2. The zero-order chi connectivity index (χ0) is 13.3. The van der Waals surface area contributed by atoms with E-state index in [0.717, 1.165) is 16.8 Å². The third-order valence-electron chi connectivity index (χ3n) is 2.44. The van der Waals surface area contributed by atoms with Gasteiger partial charge in [-0.1, -0.05) is 12.1 Å². The lowest BCUT2D eigenvalue weighted by molar-refractivity contribution is -0.136. The topological polar surface area (TPSA) is 77.8 Å². The minimum atomic E-state index is -1.06. The van der Waals surface area contributed by atoms with Gasteiger partial charge in [0.15, 0.2) is 11.5 Å². The average molecular weight is 265 g/mol. The van der Waals surface area contributed by atoms with Crippen molar-refractivity contribution in [1.82, 2.24) is 4.31 Å². The molecule has 2 N–H and O–H groups in total. The Kier molecular flexibility index (Phi) is 3.29.